The van der Waals surface area contributed by atoms with Gasteiger partial charge in [-0.1, -0.05) is 13.0 Å². The third-order valence-electron chi connectivity index (χ3n) is 2.64. The number of hydrogen-bond acceptors (Lipinski definition) is 5. The number of aryl methyl sites for hydroxylation is 1. The molecule has 2 aromatic rings. The largest absolute Gasteiger partial charge is 0.291 e. The first-order valence-electron chi connectivity index (χ1n) is 6.05. The molecule has 0 unspecified atom stereocenters. The van der Waals surface area contributed by atoms with Crippen LogP contribution in [0.4, 0.5) is 0 Å². The molecule has 0 fully saturated rings. The average molecular weight is 271 g/mol. The van der Waals surface area contributed by atoms with Gasteiger partial charge >= 0.3 is 0 Å². The van der Waals surface area contributed by atoms with Crippen LogP contribution in [-0.4, -0.2) is 15.8 Å². The molecule has 0 aliphatic carbocycles. The summed E-state index contributed by atoms with van der Waals surface area (Å²) in [7, 11) is 0. The standard InChI is InChI=1S/C14H13N3OS/c1-2-5-13-17-9-12(19-13)14(18)10(8-15)11-6-3-4-7-16-11/h3-4,6-7,9-10H,2,5H2,1H3/t10-/m1/s1. The molecule has 0 aliphatic heterocycles. The number of rotatable bonds is 5. The molecule has 0 aromatic carbocycles. The van der Waals surface area contributed by atoms with E-state index in [9.17, 15) is 10.1 Å². The van der Waals surface area contributed by atoms with E-state index in [1.807, 2.05) is 6.07 Å². The van der Waals surface area contributed by atoms with Crippen LogP contribution in [0.5, 0.6) is 0 Å². The SMILES string of the molecule is CCCc1ncc(C(=O)[C@H](C#N)c2ccccn2)s1. The van der Waals surface area contributed by atoms with Gasteiger partial charge in [-0.3, -0.25) is 9.78 Å². The zero-order chi connectivity index (χ0) is 13.7. The van der Waals surface area contributed by atoms with Crippen molar-refractivity contribution in [3.05, 3.63) is 46.2 Å². The van der Waals surface area contributed by atoms with E-state index in [0.717, 1.165) is 17.8 Å². The first-order chi connectivity index (χ1) is 9.26. The highest BCUT2D eigenvalue weighted by atomic mass is 32.1. The predicted molar refractivity (Wildman–Crippen MR) is 73.0 cm³/mol. The highest BCUT2D eigenvalue weighted by Crippen LogP contribution is 2.23. The molecule has 0 N–H and O–H groups in total. The van der Waals surface area contributed by atoms with Crippen molar-refractivity contribution < 1.29 is 4.79 Å². The summed E-state index contributed by atoms with van der Waals surface area (Å²) in [6.07, 6.45) is 5.00. The third-order valence-corrected chi connectivity index (χ3v) is 3.71. The molecular weight excluding hydrogens is 258 g/mol. The van der Waals surface area contributed by atoms with Crippen LogP contribution < -0.4 is 0 Å². The highest BCUT2D eigenvalue weighted by molar-refractivity contribution is 7.13. The monoisotopic (exact) mass is 271 g/mol. The van der Waals surface area contributed by atoms with Gasteiger partial charge in [-0.05, 0) is 25.0 Å². The summed E-state index contributed by atoms with van der Waals surface area (Å²) in [6, 6.07) is 7.25. The summed E-state index contributed by atoms with van der Waals surface area (Å²) in [6.45, 7) is 2.06. The highest BCUT2D eigenvalue weighted by Gasteiger charge is 2.24. The Kier molecular flexibility index (Phi) is 4.37. The zero-order valence-corrected chi connectivity index (χ0v) is 11.4. The lowest BCUT2D eigenvalue weighted by atomic mass is 10.0. The van der Waals surface area contributed by atoms with Crippen molar-refractivity contribution in [1.29, 1.82) is 5.26 Å². The summed E-state index contributed by atoms with van der Waals surface area (Å²) in [5.74, 6) is -1.07. The lowest BCUT2D eigenvalue weighted by Gasteiger charge is -2.04. The van der Waals surface area contributed by atoms with Crippen molar-refractivity contribution in [3.8, 4) is 6.07 Å². The van der Waals surface area contributed by atoms with Crippen LogP contribution in [0, 0.1) is 11.3 Å². The van der Waals surface area contributed by atoms with E-state index in [4.69, 9.17) is 0 Å². The second kappa shape index (κ2) is 6.21. The Balaban J connectivity index is 2.24. The molecule has 5 heteroatoms. The van der Waals surface area contributed by atoms with Crippen molar-refractivity contribution in [3.63, 3.8) is 0 Å². The normalized spacial score (nSPS) is 11.8. The number of carbonyl (C=O) groups is 1. The maximum Gasteiger partial charge on any atom is 0.197 e. The zero-order valence-electron chi connectivity index (χ0n) is 10.5. The van der Waals surface area contributed by atoms with Crippen LogP contribution in [0.2, 0.25) is 0 Å². The average Bonchev–Trinajstić information content (AvgIpc) is 2.90. The minimum absolute atomic E-state index is 0.221. The molecule has 0 aliphatic rings. The number of thiazole rings is 1. The van der Waals surface area contributed by atoms with Gasteiger partial charge in [0.2, 0.25) is 0 Å². The molecular formula is C14H13N3OS. The van der Waals surface area contributed by atoms with E-state index in [0.29, 0.717) is 10.6 Å². The van der Waals surface area contributed by atoms with Crippen molar-refractivity contribution in [2.45, 2.75) is 25.7 Å². The summed E-state index contributed by atoms with van der Waals surface area (Å²) in [4.78, 5) is 21.1. The molecule has 0 spiro atoms. The Morgan fingerprint density at radius 1 is 1.47 bits per heavy atom. The van der Waals surface area contributed by atoms with Crippen LogP contribution in [-0.2, 0) is 6.42 Å². The number of pyridine rings is 1. The molecule has 0 amide bonds. The van der Waals surface area contributed by atoms with E-state index in [1.165, 1.54) is 11.3 Å². The maximum absolute atomic E-state index is 12.3. The molecule has 4 nitrogen and oxygen atoms in total. The van der Waals surface area contributed by atoms with E-state index >= 15 is 0 Å². The Hall–Kier alpha value is -2.06. The molecule has 2 heterocycles. The first-order valence-corrected chi connectivity index (χ1v) is 6.87. The van der Waals surface area contributed by atoms with Gasteiger partial charge in [0.25, 0.3) is 0 Å². The number of nitriles is 1. The second-order valence-corrected chi connectivity index (χ2v) is 5.16. The maximum atomic E-state index is 12.3. The molecule has 1 atom stereocenters. The number of aromatic nitrogens is 2. The summed E-state index contributed by atoms with van der Waals surface area (Å²) >= 11 is 1.36. The Morgan fingerprint density at radius 3 is 2.95 bits per heavy atom. The quantitative estimate of drug-likeness (QED) is 0.784. The van der Waals surface area contributed by atoms with Gasteiger partial charge < -0.3 is 0 Å². The smallest absolute Gasteiger partial charge is 0.197 e. The fourth-order valence-electron chi connectivity index (χ4n) is 1.70. The van der Waals surface area contributed by atoms with Gasteiger partial charge in [0.1, 0.15) is 0 Å². The molecule has 96 valence electrons. The van der Waals surface area contributed by atoms with Gasteiger partial charge in [0.15, 0.2) is 11.7 Å². The molecule has 2 aromatic heterocycles. The van der Waals surface area contributed by atoms with Gasteiger partial charge in [-0.25, -0.2) is 4.98 Å². The molecule has 0 radical (unpaired) electrons. The topological polar surface area (TPSA) is 66.6 Å². The lowest BCUT2D eigenvalue weighted by Crippen LogP contribution is -2.11. The van der Waals surface area contributed by atoms with Gasteiger partial charge in [0.05, 0.1) is 21.6 Å². The minimum atomic E-state index is -0.851. The van der Waals surface area contributed by atoms with E-state index in [-0.39, 0.29) is 5.78 Å². The lowest BCUT2D eigenvalue weighted by molar-refractivity contribution is 0.0981. The van der Waals surface area contributed by atoms with E-state index in [2.05, 4.69) is 16.9 Å². The Labute approximate surface area is 115 Å². The summed E-state index contributed by atoms with van der Waals surface area (Å²) in [5, 5.41) is 10.1. The fraction of sp³-hybridized carbons (Fsp3) is 0.286. The van der Waals surface area contributed by atoms with E-state index in [1.54, 1.807) is 30.6 Å². The van der Waals surface area contributed by atoms with Gasteiger partial charge in [-0.2, -0.15) is 5.26 Å². The predicted octanol–water partition coefficient (Wildman–Crippen LogP) is 2.98. The molecule has 0 saturated heterocycles. The Bertz CT molecular complexity index is 601. The number of nitrogens with zero attached hydrogens (tertiary/aromatic N) is 3. The number of ketones is 1. The number of carbonyl (C=O) groups excluding carboxylic acids is 1. The van der Waals surface area contributed by atoms with Crippen molar-refractivity contribution in [2.75, 3.05) is 0 Å². The fourth-order valence-corrected chi connectivity index (χ4v) is 2.69. The van der Waals surface area contributed by atoms with Crippen molar-refractivity contribution in [2.24, 2.45) is 0 Å². The number of Topliss-reactive ketones (excluding diaryl/α,β-unsaturated/α-hetero) is 1. The minimum Gasteiger partial charge on any atom is -0.291 e. The van der Waals surface area contributed by atoms with Crippen molar-refractivity contribution >= 4 is 17.1 Å². The van der Waals surface area contributed by atoms with Crippen LogP contribution in [0.25, 0.3) is 0 Å². The number of hydrogen-bond donors (Lipinski definition) is 0. The Morgan fingerprint density at radius 2 is 2.32 bits per heavy atom. The molecule has 2 rings (SSSR count). The van der Waals surface area contributed by atoms with Gasteiger partial charge in [0, 0.05) is 12.4 Å². The third kappa shape index (κ3) is 3.04. The van der Waals surface area contributed by atoms with Crippen LogP contribution in [0.3, 0.4) is 0 Å². The summed E-state index contributed by atoms with van der Waals surface area (Å²) in [5.41, 5.74) is 0.487. The molecule has 0 bridgehead atoms. The van der Waals surface area contributed by atoms with Crippen LogP contribution in [0.1, 0.15) is 39.6 Å². The summed E-state index contributed by atoms with van der Waals surface area (Å²) < 4.78 is 0. The molecule has 0 saturated carbocycles. The van der Waals surface area contributed by atoms with Crippen molar-refractivity contribution in [1.82, 2.24) is 9.97 Å². The van der Waals surface area contributed by atoms with Crippen LogP contribution >= 0.6 is 11.3 Å². The van der Waals surface area contributed by atoms with Gasteiger partial charge in [-0.15, -0.1) is 11.3 Å². The first kappa shape index (κ1) is 13.4. The molecule has 19 heavy (non-hydrogen) atoms. The van der Waals surface area contributed by atoms with E-state index < -0.39 is 5.92 Å². The second-order valence-electron chi connectivity index (χ2n) is 4.05. The van der Waals surface area contributed by atoms with Crippen LogP contribution in [0.15, 0.2) is 30.6 Å².